The molecule has 1 aliphatic rings. The molecule has 3 rings (SSSR count). The number of carboxylic acids is 1. The van der Waals surface area contributed by atoms with Crippen LogP contribution in [-0.4, -0.2) is 36.5 Å². The van der Waals surface area contributed by atoms with Crippen molar-refractivity contribution in [3.63, 3.8) is 0 Å². The second-order valence-electron chi connectivity index (χ2n) is 8.20. The van der Waals surface area contributed by atoms with Crippen LogP contribution in [0.1, 0.15) is 39.2 Å². The normalized spacial score (nSPS) is 30.7. The topological polar surface area (TPSA) is 88.2 Å². The fourth-order valence-electron chi connectivity index (χ4n) is 4.77. The third-order valence-corrected chi connectivity index (χ3v) is 6.93. The van der Waals surface area contributed by atoms with Gasteiger partial charge in [-0.15, -0.1) is 0 Å². The Morgan fingerprint density at radius 2 is 1.96 bits per heavy atom. The van der Waals surface area contributed by atoms with Crippen molar-refractivity contribution < 1.29 is 15.0 Å². The first-order valence-corrected chi connectivity index (χ1v) is 9.55. The second-order valence-corrected chi connectivity index (χ2v) is 8.64. The number of halogens is 1. The van der Waals surface area contributed by atoms with E-state index in [0.717, 1.165) is 5.56 Å². The first kappa shape index (κ1) is 19.8. The van der Waals surface area contributed by atoms with Gasteiger partial charge in [0.25, 0.3) is 0 Å². The van der Waals surface area contributed by atoms with E-state index in [2.05, 4.69) is 23.9 Å². The van der Waals surface area contributed by atoms with Crippen LogP contribution >= 0.6 is 11.6 Å². The van der Waals surface area contributed by atoms with Crippen LogP contribution in [0.5, 0.6) is 0 Å². The van der Waals surface area contributed by atoms with E-state index in [1.54, 1.807) is 6.92 Å². The van der Waals surface area contributed by atoms with Crippen molar-refractivity contribution in [2.75, 3.05) is 0 Å². The Morgan fingerprint density at radius 3 is 2.48 bits per heavy atom. The van der Waals surface area contributed by atoms with Crippen LogP contribution in [0.3, 0.4) is 0 Å². The summed E-state index contributed by atoms with van der Waals surface area (Å²) in [5.74, 6) is -0.924. The zero-order valence-corrected chi connectivity index (χ0v) is 16.6. The number of hydrogen-bond donors (Lipinski definition) is 2. The number of aromatic nitrogens is 3. The molecule has 1 saturated carbocycles. The van der Waals surface area contributed by atoms with Crippen molar-refractivity contribution in [3.8, 4) is 0 Å². The van der Waals surface area contributed by atoms with Gasteiger partial charge in [0.15, 0.2) is 0 Å². The van der Waals surface area contributed by atoms with Crippen molar-refractivity contribution in [2.45, 2.75) is 52.2 Å². The standard InChI is InChI=1S/C20H26ClN3O3/c1-14(2)19(10-15-4-6-16(21)7-5-15)9-8-18(3,17(25)26)20(19,27)11-24-13-22-12-23-24/h4-7,12-14,27H,8-11H2,1-3H3,(H,25,26). The molecule has 6 nitrogen and oxygen atoms in total. The van der Waals surface area contributed by atoms with Gasteiger partial charge in [-0.1, -0.05) is 37.6 Å². The third kappa shape index (κ3) is 3.05. The highest BCUT2D eigenvalue weighted by Gasteiger charge is 2.69. The van der Waals surface area contributed by atoms with Gasteiger partial charge in [-0.2, -0.15) is 5.10 Å². The molecule has 0 bridgehead atoms. The molecule has 1 fully saturated rings. The molecule has 1 aliphatic carbocycles. The molecule has 27 heavy (non-hydrogen) atoms. The minimum Gasteiger partial charge on any atom is -0.481 e. The van der Waals surface area contributed by atoms with Gasteiger partial charge in [-0.3, -0.25) is 9.48 Å². The summed E-state index contributed by atoms with van der Waals surface area (Å²) in [5, 5.41) is 26.9. The number of carboxylic acid groups (broad SMARTS) is 1. The Hall–Kier alpha value is -1.92. The van der Waals surface area contributed by atoms with Gasteiger partial charge < -0.3 is 10.2 Å². The predicted octanol–water partition coefficient (Wildman–Crippen LogP) is 3.43. The molecule has 1 aromatic carbocycles. The molecular formula is C20H26ClN3O3. The van der Waals surface area contributed by atoms with Crippen LogP contribution < -0.4 is 0 Å². The van der Waals surface area contributed by atoms with Crippen molar-refractivity contribution >= 4 is 17.6 Å². The maximum atomic E-state index is 12.3. The van der Waals surface area contributed by atoms with Crippen LogP contribution in [-0.2, 0) is 17.8 Å². The summed E-state index contributed by atoms with van der Waals surface area (Å²) < 4.78 is 1.53. The maximum absolute atomic E-state index is 12.3. The Kier molecular flexibility index (Phi) is 5.08. The first-order valence-electron chi connectivity index (χ1n) is 9.17. The zero-order valence-electron chi connectivity index (χ0n) is 15.9. The molecule has 3 atom stereocenters. The minimum absolute atomic E-state index is 0.0582. The summed E-state index contributed by atoms with van der Waals surface area (Å²) in [6.45, 7) is 5.84. The van der Waals surface area contributed by atoms with Crippen LogP contribution in [0.25, 0.3) is 0 Å². The average molecular weight is 392 g/mol. The lowest BCUT2D eigenvalue weighted by Gasteiger charge is -2.50. The second kappa shape index (κ2) is 6.91. The van der Waals surface area contributed by atoms with Crippen molar-refractivity contribution in [1.29, 1.82) is 0 Å². The van der Waals surface area contributed by atoms with Crippen LogP contribution in [0, 0.1) is 16.7 Å². The van der Waals surface area contributed by atoms with E-state index in [-0.39, 0.29) is 12.5 Å². The van der Waals surface area contributed by atoms with Gasteiger partial charge in [0.1, 0.15) is 18.3 Å². The SMILES string of the molecule is CC(C)C1(Cc2ccc(Cl)cc2)CCC(C)(C(=O)O)C1(O)Cn1cncn1. The zero-order chi connectivity index (χ0) is 19.9. The minimum atomic E-state index is -1.49. The van der Waals surface area contributed by atoms with Gasteiger partial charge in [-0.25, -0.2) is 4.98 Å². The van der Waals surface area contributed by atoms with Crippen LogP contribution in [0.15, 0.2) is 36.9 Å². The predicted molar refractivity (Wildman–Crippen MR) is 102 cm³/mol. The van der Waals surface area contributed by atoms with Gasteiger partial charge in [0.2, 0.25) is 0 Å². The monoisotopic (exact) mass is 391 g/mol. The summed E-state index contributed by atoms with van der Waals surface area (Å²) in [5.41, 5.74) is -2.37. The first-order chi connectivity index (χ1) is 12.6. The average Bonchev–Trinajstić information content (AvgIpc) is 3.18. The Balaban J connectivity index is 2.11. The Morgan fingerprint density at radius 1 is 1.30 bits per heavy atom. The fraction of sp³-hybridized carbons (Fsp3) is 0.550. The highest BCUT2D eigenvalue weighted by atomic mass is 35.5. The summed E-state index contributed by atoms with van der Waals surface area (Å²) in [6, 6.07) is 7.54. The molecule has 0 radical (unpaired) electrons. The van der Waals surface area contributed by atoms with Gasteiger partial charge >= 0.3 is 5.97 Å². The highest BCUT2D eigenvalue weighted by molar-refractivity contribution is 6.30. The molecule has 0 spiro atoms. The van der Waals surface area contributed by atoms with Crippen LogP contribution in [0.2, 0.25) is 5.02 Å². The Labute approximate surface area is 164 Å². The summed E-state index contributed by atoms with van der Waals surface area (Å²) in [4.78, 5) is 16.2. The molecular weight excluding hydrogens is 366 g/mol. The molecule has 1 aromatic heterocycles. The van der Waals surface area contributed by atoms with E-state index >= 15 is 0 Å². The molecule has 2 N–H and O–H groups in total. The molecule has 7 heteroatoms. The number of nitrogens with zero attached hydrogens (tertiary/aromatic N) is 3. The van der Waals surface area contributed by atoms with E-state index in [0.29, 0.717) is 24.3 Å². The lowest BCUT2D eigenvalue weighted by Crippen LogP contribution is -2.61. The van der Waals surface area contributed by atoms with E-state index in [1.807, 2.05) is 24.3 Å². The molecule has 146 valence electrons. The Bertz CT molecular complexity index is 808. The number of carbonyl (C=O) groups is 1. The maximum Gasteiger partial charge on any atom is 0.312 e. The number of benzene rings is 1. The molecule has 0 amide bonds. The lowest BCUT2D eigenvalue weighted by molar-refractivity contribution is -0.187. The quantitative estimate of drug-likeness (QED) is 0.787. The summed E-state index contributed by atoms with van der Waals surface area (Å²) in [7, 11) is 0. The lowest BCUT2D eigenvalue weighted by atomic mass is 9.58. The van der Waals surface area contributed by atoms with E-state index in [9.17, 15) is 15.0 Å². The molecule has 3 unspecified atom stereocenters. The largest absolute Gasteiger partial charge is 0.481 e. The summed E-state index contributed by atoms with van der Waals surface area (Å²) in [6.07, 6.45) is 4.50. The molecule has 1 heterocycles. The van der Waals surface area contributed by atoms with Crippen molar-refractivity contribution in [2.24, 2.45) is 16.7 Å². The highest BCUT2D eigenvalue weighted by Crippen LogP contribution is 2.62. The van der Waals surface area contributed by atoms with Crippen molar-refractivity contribution in [3.05, 3.63) is 47.5 Å². The van der Waals surface area contributed by atoms with Crippen molar-refractivity contribution in [1.82, 2.24) is 14.8 Å². The fourth-order valence-corrected chi connectivity index (χ4v) is 4.90. The number of hydrogen-bond acceptors (Lipinski definition) is 4. The molecule has 0 aliphatic heterocycles. The van der Waals surface area contributed by atoms with Crippen LogP contribution in [0.4, 0.5) is 0 Å². The number of rotatable bonds is 6. The van der Waals surface area contributed by atoms with Gasteiger partial charge in [-0.05, 0) is 49.8 Å². The number of aliphatic hydroxyl groups is 1. The van der Waals surface area contributed by atoms with Gasteiger partial charge in [0.05, 0.1) is 12.0 Å². The third-order valence-electron chi connectivity index (χ3n) is 6.68. The van der Waals surface area contributed by atoms with E-state index < -0.39 is 22.4 Å². The smallest absolute Gasteiger partial charge is 0.312 e. The molecule has 2 aromatic rings. The molecule has 0 saturated heterocycles. The number of aliphatic carboxylic acids is 1. The van der Waals surface area contributed by atoms with E-state index in [1.165, 1.54) is 17.3 Å². The van der Waals surface area contributed by atoms with Gasteiger partial charge in [0, 0.05) is 10.4 Å². The summed E-state index contributed by atoms with van der Waals surface area (Å²) >= 11 is 6.02. The van der Waals surface area contributed by atoms with E-state index in [4.69, 9.17) is 11.6 Å².